The molecule has 0 unspecified atom stereocenters. The molecular formula is C15H24BrNO3. The Morgan fingerprint density at radius 3 is 2.50 bits per heavy atom. The van der Waals surface area contributed by atoms with Crippen molar-refractivity contribution in [2.24, 2.45) is 0 Å². The number of methoxy groups -OCH3 is 3. The van der Waals surface area contributed by atoms with Crippen molar-refractivity contribution in [2.75, 3.05) is 41.0 Å². The standard InChI is InChI=1S/C15H24BrNO3/c1-18-9-8-17-7-5-4-6-13-14(16)10-12(19-2)11-15(13)20-3/h10-11,17H,4-9H2,1-3H3. The van der Waals surface area contributed by atoms with Gasteiger partial charge in [-0.3, -0.25) is 0 Å². The van der Waals surface area contributed by atoms with Crippen LogP contribution in [-0.2, 0) is 11.2 Å². The summed E-state index contributed by atoms with van der Waals surface area (Å²) in [5, 5.41) is 3.35. The summed E-state index contributed by atoms with van der Waals surface area (Å²) >= 11 is 3.59. The van der Waals surface area contributed by atoms with Gasteiger partial charge in [0.05, 0.1) is 20.8 Å². The third-order valence-electron chi connectivity index (χ3n) is 3.10. The molecule has 0 bridgehead atoms. The average Bonchev–Trinajstić information content (AvgIpc) is 2.47. The van der Waals surface area contributed by atoms with E-state index in [0.29, 0.717) is 0 Å². The molecule has 0 aliphatic heterocycles. The lowest BCUT2D eigenvalue weighted by molar-refractivity contribution is 0.199. The molecule has 4 nitrogen and oxygen atoms in total. The Bertz CT molecular complexity index is 399. The van der Waals surface area contributed by atoms with E-state index in [1.54, 1.807) is 21.3 Å². The second-order valence-electron chi connectivity index (χ2n) is 4.49. The van der Waals surface area contributed by atoms with Crippen LogP contribution in [-0.4, -0.2) is 41.0 Å². The zero-order chi connectivity index (χ0) is 14.8. The molecule has 1 aromatic carbocycles. The molecule has 0 aromatic heterocycles. The third kappa shape index (κ3) is 5.69. The molecule has 20 heavy (non-hydrogen) atoms. The summed E-state index contributed by atoms with van der Waals surface area (Å²) in [6.45, 7) is 2.68. The van der Waals surface area contributed by atoms with Crippen LogP contribution in [0.25, 0.3) is 0 Å². The summed E-state index contributed by atoms with van der Waals surface area (Å²) in [6, 6.07) is 3.91. The number of benzene rings is 1. The highest BCUT2D eigenvalue weighted by molar-refractivity contribution is 9.10. The van der Waals surface area contributed by atoms with Gasteiger partial charge in [0.25, 0.3) is 0 Å². The van der Waals surface area contributed by atoms with Crippen LogP contribution in [0.2, 0.25) is 0 Å². The van der Waals surface area contributed by atoms with Gasteiger partial charge in [-0.15, -0.1) is 0 Å². The number of nitrogens with one attached hydrogen (secondary N) is 1. The number of unbranched alkanes of at least 4 members (excludes halogenated alkanes) is 1. The van der Waals surface area contributed by atoms with Crippen molar-refractivity contribution >= 4 is 15.9 Å². The van der Waals surface area contributed by atoms with Gasteiger partial charge < -0.3 is 19.5 Å². The molecule has 0 amide bonds. The van der Waals surface area contributed by atoms with Gasteiger partial charge in [0.1, 0.15) is 11.5 Å². The number of halogens is 1. The molecule has 0 radical (unpaired) electrons. The van der Waals surface area contributed by atoms with Crippen molar-refractivity contribution < 1.29 is 14.2 Å². The van der Waals surface area contributed by atoms with Gasteiger partial charge in [-0.05, 0) is 31.9 Å². The molecule has 114 valence electrons. The zero-order valence-electron chi connectivity index (χ0n) is 12.5. The van der Waals surface area contributed by atoms with E-state index in [4.69, 9.17) is 14.2 Å². The fraction of sp³-hybridized carbons (Fsp3) is 0.600. The number of rotatable bonds is 10. The summed E-state index contributed by atoms with van der Waals surface area (Å²) in [7, 11) is 5.07. The first-order chi connectivity index (χ1) is 9.72. The molecule has 0 aliphatic carbocycles. The van der Waals surface area contributed by atoms with Crippen LogP contribution >= 0.6 is 15.9 Å². The molecule has 0 fully saturated rings. The highest BCUT2D eigenvalue weighted by Gasteiger charge is 2.10. The smallest absolute Gasteiger partial charge is 0.126 e. The molecule has 5 heteroatoms. The van der Waals surface area contributed by atoms with Crippen molar-refractivity contribution in [3.63, 3.8) is 0 Å². The van der Waals surface area contributed by atoms with E-state index in [1.165, 1.54) is 5.56 Å². The summed E-state index contributed by atoms with van der Waals surface area (Å²) in [5.41, 5.74) is 1.20. The first-order valence-corrected chi connectivity index (χ1v) is 7.62. The number of hydrogen-bond acceptors (Lipinski definition) is 4. The van der Waals surface area contributed by atoms with Gasteiger partial charge in [0.15, 0.2) is 0 Å². The Morgan fingerprint density at radius 1 is 1.05 bits per heavy atom. The van der Waals surface area contributed by atoms with Gasteiger partial charge in [0.2, 0.25) is 0 Å². The van der Waals surface area contributed by atoms with E-state index in [2.05, 4.69) is 21.2 Å². The summed E-state index contributed by atoms with van der Waals surface area (Å²) < 4.78 is 16.7. The number of hydrogen-bond donors (Lipinski definition) is 1. The van der Waals surface area contributed by atoms with E-state index in [9.17, 15) is 0 Å². The molecule has 0 saturated carbocycles. The maximum absolute atomic E-state index is 5.44. The fourth-order valence-corrected chi connectivity index (χ4v) is 2.60. The van der Waals surface area contributed by atoms with Gasteiger partial charge in [-0.2, -0.15) is 0 Å². The minimum atomic E-state index is 0.762. The lowest BCUT2D eigenvalue weighted by Gasteiger charge is -2.13. The average molecular weight is 346 g/mol. The van der Waals surface area contributed by atoms with Crippen molar-refractivity contribution in [3.05, 3.63) is 22.2 Å². The van der Waals surface area contributed by atoms with E-state index in [1.807, 2.05) is 12.1 Å². The van der Waals surface area contributed by atoms with Crippen LogP contribution in [0.5, 0.6) is 11.5 Å². The van der Waals surface area contributed by atoms with Crippen molar-refractivity contribution in [2.45, 2.75) is 19.3 Å². The topological polar surface area (TPSA) is 39.7 Å². The quantitative estimate of drug-likeness (QED) is 0.661. The lowest BCUT2D eigenvalue weighted by Crippen LogP contribution is -2.20. The summed E-state index contributed by atoms with van der Waals surface area (Å²) in [5.74, 6) is 1.68. The van der Waals surface area contributed by atoms with E-state index in [-0.39, 0.29) is 0 Å². The first kappa shape index (κ1) is 17.3. The molecule has 0 atom stereocenters. The van der Waals surface area contributed by atoms with Gasteiger partial charge >= 0.3 is 0 Å². The maximum atomic E-state index is 5.44. The predicted octanol–water partition coefficient (Wildman–Crippen LogP) is 3.03. The molecular weight excluding hydrogens is 322 g/mol. The van der Waals surface area contributed by atoms with Crippen LogP contribution in [0.3, 0.4) is 0 Å². The predicted molar refractivity (Wildman–Crippen MR) is 84.9 cm³/mol. The van der Waals surface area contributed by atoms with Crippen molar-refractivity contribution in [3.8, 4) is 11.5 Å². The van der Waals surface area contributed by atoms with Crippen LogP contribution in [0.1, 0.15) is 18.4 Å². The summed E-state index contributed by atoms with van der Waals surface area (Å²) in [4.78, 5) is 0. The van der Waals surface area contributed by atoms with E-state index < -0.39 is 0 Å². The molecule has 0 aliphatic rings. The Hall–Kier alpha value is -0.780. The van der Waals surface area contributed by atoms with Crippen LogP contribution < -0.4 is 14.8 Å². The fourth-order valence-electron chi connectivity index (χ4n) is 1.98. The highest BCUT2D eigenvalue weighted by atomic mass is 79.9. The molecule has 1 rings (SSSR count). The summed E-state index contributed by atoms with van der Waals surface area (Å²) in [6.07, 6.45) is 3.23. The maximum Gasteiger partial charge on any atom is 0.126 e. The Balaban J connectivity index is 2.43. The lowest BCUT2D eigenvalue weighted by atomic mass is 10.1. The SMILES string of the molecule is COCCNCCCCc1c(Br)cc(OC)cc1OC. The third-order valence-corrected chi connectivity index (χ3v) is 3.80. The van der Waals surface area contributed by atoms with Gasteiger partial charge in [-0.1, -0.05) is 15.9 Å². The van der Waals surface area contributed by atoms with Crippen molar-refractivity contribution in [1.82, 2.24) is 5.32 Å². The second kappa shape index (κ2) is 10.0. The van der Waals surface area contributed by atoms with Crippen molar-refractivity contribution in [1.29, 1.82) is 0 Å². The minimum Gasteiger partial charge on any atom is -0.497 e. The van der Waals surface area contributed by atoms with Gasteiger partial charge in [-0.25, -0.2) is 0 Å². The van der Waals surface area contributed by atoms with E-state index >= 15 is 0 Å². The Labute approximate surface area is 129 Å². The Morgan fingerprint density at radius 2 is 1.85 bits per heavy atom. The molecule has 0 saturated heterocycles. The largest absolute Gasteiger partial charge is 0.497 e. The molecule has 0 heterocycles. The van der Waals surface area contributed by atoms with E-state index in [0.717, 1.165) is 54.9 Å². The van der Waals surface area contributed by atoms with Crippen LogP contribution in [0, 0.1) is 0 Å². The zero-order valence-corrected chi connectivity index (χ0v) is 14.1. The first-order valence-electron chi connectivity index (χ1n) is 6.83. The molecule has 1 aromatic rings. The minimum absolute atomic E-state index is 0.762. The Kier molecular flexibility index (Phi) is 8.65. The van der Waals surface area contributed by atoms with Crippen LogP contribution in [0.4, 0.5) is 0 Å². The normalized spacial score (nSPS) is 10.6. The monoisotopic (exact) mass is 345 g/mol. The van der Waals surface area contributed by atoms with Crippen LogP contribution in [0.15, 0.2) is 16.6 Å². The highest BCUT2D eigenvalue weighted by Crippen LogP contribution is 2.33. The molecule has 0 spiro atoms. The number of ether oxygens (including phenoxy) is 3. The second-order valence-corrected chi connectivity index (χ2v) is 5.34. The molecule has 1 N–H and O–H groups in total. The van der Waals surface area contributed by atoms with Gasteiger partial charge in [0, 0.05) is 29.8 Å².